The minimum Gasteiger partial charge on any atom is -0.462 e. The van der Waals surface area contributed by atoms with E-state index >= 15 is 0 Å². The smallest absolute Gasteiger partial charge is 0.355 e. The lowest BCUT2D eigenvalue weighted by Gasteiger charge is -2.05. The number of esters is 2. The summed E-state index contributed by atoms with van der Waals surface area (Å²) in [6.07, 6.45) is 1.95. The fourth-order valence-electron chi connectivity index (χ4n) is 2.53. The number of carbonyl (C=O) groups is 3. The zero-order chi connectivity index (χ0) is 19.3. The maximum absolute atomic E-state index is 12.3. The van der Waals surface area contributed by atoms with Crippen LogP contribution in [0, 0.1) is 13.8 Å². The van der Waals surface area contributed by atoms with Gasteiger partial charge in [0.25, 0.3) is 0 Å². The van der Waals surface area contributed by atoms with E-state index in [0.717, 1.165) is 4.90 Å². The Labute approximate surface area is 156 Å². The summed E-state index contributed by atoms with van der Waals surface area (Å²) in [5.74, 6) is -1.48. The Balaban J connectivity index is 2.06. The van der Waals surface area contributed by atoms with E-state index in [0.29, 0.717) is 22.4 Å². The normalized spacial score (nSPS) is 10.5. The van der Waals surface area contributed by atoms with Crippen LogP contribution in [0.5, 0.6) is 0 Å². The second-order valence-electron chi connectivity index (χ2n) is 5.57. The molecule has 2 aromatic rings. The number of ketones is 1. The molecule has 2 rings (SSSR count). The fourth-order valence-corrected chi connectivity index (χ4v) is 2.94. The molecule has 26 heavy (non-hydrogen) atoms. The van der Waals surface area contributed by atoms with E-state index in [1.165, 1.54) is 0 Å². The third-order valence-electron chi connectivity index (χ3n) is 3.87. The summed E-state index contributed by atoms with van der Waals surface area (Å²) < 4.78 is 10.1. The van der Waals surface area contributed by atoms with Crippen molar-refractivity contribution in [3.05, 3.63) is 52.3 Å². The van der Waals surface area contributed by atoms with Gasteiger partial charge in [0.1, 0.15) is 5.69 Å². The number of Topliss-reactive ketones (excluding diaryl/α,β-unsaturated/α-hetero) is 1. The van der Waals surface area contributed by atoms with Gasteiger partial charge in [0.2, 0.25) is 0 Å². The van der Waals surface area contributed by atoms with Crippen molar-refractivity contribution in [1.29, 1.82) is 0 Å². The third kappa shape index (κ3) is 4.35. The van der Waals surface area contributed by atoms with Gasteiger partial charge in [-0.1, -0.05) is 12.1 Å². The van der Waals surface area contributed by atoms with Crippen LogP contribution in [-0.4, -0.2) is 42.2 Å². The van der Waals surface area contributed by atoms with E-state index in [-0.39, 0.29) is 24.7 Å². The molecule has 1 aromatic heterocycles. The van der Waals surface area contributed by atoms with Crippen LogP contribution in [0.25, 0.3) is 0 Å². The standard InChI is InChI=1S/C19H21NO5S/c1-5-24-18(22)16-11(2)17(20-12(16)3)19(23)25-10-15(21)13-6-8-14(26-4)9-7-13/h6-9,20H,5,10H2,1-4H3. The van der Waals surface area contributed by atoms with Crippen LogP contribution in [-0.2, 0) is 9.47 Å². The quantitative estimate of drug-likeness (QED) is 0.452. The van der Waals surface area contributed by atoms with Gasteiger partial charge < -0.3 is 14.5 Å². The Morgan fingerprint density at radius 2 is 1.69 bits per heavy atom. The van der Waals surface area contributed by atoms with Gasteiger partial charge in [0.05, 0.1) is 12.2 Å². The van der Waals surface area contributed by atoms with Crippen LogP contribution in [0.1, 0.15) is 49.4 Å². The fraction of sp³-hybridized carbons (Fsp3) is 0.316. The average molecular weight is 375 g/mol. The minimum atomic E-state index is -0.685. The molecule has 0 atom stereocenters. The summed E-state index contributed by atoms with van der Waals surface area (Å²) in [4.78, 5) is 40.3. The van der Waals surface area contributed by atoms with Gasteiger partial charge in [-0.05, 0) is 44.7 Å². The van der Waals surface area contributed by atoms with Crippen LogP contribution in [0.4, 0.5) is 0 Å². The summed E-state index contributed by atoms with van der Waals surface area (Å²) in [6, 6.07) is 7.07. The number of aromatic nitrogens is 1. The summed E-state index contributed by atoms with van der Waals surface area (Å²) in [5.41, 5.74) is 1.91. The number of ether oxygens (including phenoxy) is 2. The Hall–Kier alpha value is -2.54. The van der Waals surface area contributed by atoms with Gasteiger partial charge in [-0.25, -0.2) is 9.59 Å². The molecule has 0 aliphatic heterocycles. The Bertz CT molecular complexity index is 823. The molecule has 0 bridgehead atoms. The van der Waals surface area contributed by atoms with Crippen molar-refractivity contribution in [2.75, 3.05) is 19.5 Å². The van der Waals surface area contributed by atoms with E-state index in [1.54, 1.807) is 44.7 Å². The monoisotopic (exact) mass is 375 g/mol. The maximum atomic E-state index is 12.3. The second-order valence-corrected chi connectivity index (χ2v) is 6.45. The van der Waals surface area contributed by atoms with Crippen LogP contribution in [0.15, 0.2) is 29.2 Å². The lowest BCUT2D eigenvalue weighted by molar-refractivity contribution is 0.0468. The van der Waals surface area contributed by atoms with E-state index in [4.69, 9.17) is 9.47 Å². The molecule has 7 heteroatoms. The van der Waals surface area contributed by atoms with E-state index < -0.39 is 11.9 Å². The molecule has 0 fully saturated rings. The number of benzene rings is 1. The molecule has 0 radical (unpaired) electrons. The lowest BCUT2D eigenvalue weighted by Crippen LogP contribution is -2.15. The number of carbonyl (C=O) groups excluding carboxylic acids is 3. The van der Waals surface area contributed by atoms with Crippen LogP contribution in [0.2, 0.25) is 0 Å². The molecule has 0 unspecified atom stereocenters. The first-order chi connectivity index (χ1) is 12.4. The van der Waals surface area contributed by atoms with Crippen molar-refractivity contribution in [3.63, 3.8) is 0 Å². The number of H-pyrrole nitrogens is 1. The van der Waals surface area contributed by atoms with Crippen molar-refractivity contribution in [2.45, 2.75) is 25.7 Å². The zero-order valence-corrected chi connectivity index (χ0v) is 16.0. The number of nitrogens with one attached hydrogen (secondary N) is 1. The highest BCUT2D eigenvalue weighted by atomic mass is 32.2. The number of thioether (sulfide) groups is 1. The number of aryl methyl sites for hydroxylation is 1. The highest BCUT2D eigenvalue weighted by molar-refractivity contribution is 7.98. The molecule has 0 saturated carbocycles. The van der Waals surface area contributed by atoms with Crippen molar-refractivity contribution in [2.24, 2.45) is 0 Å². The molecule has 1 heterocycles. The van der Waals surface area contributed by atoms with Gasteiger partial charge in [0, 0.05) is 16.2 Å². The summed E-state index contributed by atoms with van der Waals surface area (Å²) in [7, 11) is 0. The van der Waals surface area contributed by atoms with Crippen molar-refractivity contribution in [3.8, 4) is 0 Å². The predicted octanol–water partition coefficient (Wildman–Crippen LogP) is 3.57. The van der Waals surface area contributed by atoms with Gasteiger partial charge in [-0.15, -0.1) is 11.8 Å². The number of hydrogen-bond donors (Lipinski definition) is 1. The maximum Gasteiger partial charge on any atom is 0.355 e. The molecule has 1 aromatic carbocycles. The molecule has 0 aliphatic rings. The van der Waals surface area contributed by atoms with Crippen LogP contribution in [0.3, 0.4) is 0 Å². The van der Waals surface area contributed by atoms with Crippen LogP contribution >= 0.6 is 11.8 Å². The topological polar surface area (TPSA) is 85.5 Å². The molecular weight excluding hydrogens is 354 g/mol. The van der Waals surface area contributed by atoms with Gasteiger partial charge in [-0.2, -0.15) is 0 Å². The largest absolute Gasteiger partial charge is 0.462 e. The van der Waals surface area contributed by atoms with Gasteiger partial charge in [-0.3, -0.25) is 4.79 Å². The van der Waals surface area contributed by atoms with Crippen molar-refractivity contribution >= 4 is 29.5 Å². The van der Waals surface area contributed by atoms with Crippen molar-refractivity contribution in [1.82, 2.24) is 4.98 Å². The summed E-state index contributed by atoms with van der Waals surface area (Å²) in [5, 5.41) is 0. The third-order valence-corrected chi connectivity index (χ3v) is 4.61. The van der Waals surface area contributed by atoms with E-state index in [2.05, 4.69) is 4.98 Å². The van der Waals surface area contributed by atoms with Gasteiger partial charge >= 0.3 is 11.9 Å². The first kappa shape index (κ1) is 19.8. The molecule has 6 nitrogen and oxygen atoms in total. The molecule has 138 valence electrons. The lowest BCUT2D eigenvalue weighted by atomic mass is 10.1. The summed E-state index contributed by atoms with van der Waals surface area (Å²) >= 11 is 1.58. The number of rotatable bonds is 7. The van der Waals surface area contributed by atoms with Gasteiger partial charge in [0.15, 0.2) is 12.4 Å². The summed E-state index contributed by atoms with van der Waals surface area (Å²) in [6.45, 7) is 4.89. The average Bonchev–Trinajstić information content (AvgIpc) is 2.94. The molecule has 1 N–H and O–H groups in total. The minimum absolute atomic E-state index is 0.149. The van der Waals surface area contributed by atoms with Crippen molar-refractivity contribution < 1.29 is 23.9 Å². The SMILES string of the molecule is CCOC(=O)c1c(C)[nH]c(C(=O)OCC(=O)c2ccc(SC)cc2)c1C. The molecule has 0 amide bonds. The molecule has 0 aliphatic carbocycles. The Kier molecular flexibility index (Phi) is 6.63. The Morgan fingerprint density at radius 3 is 2.27 bits per heavy atom. The highest BCUT2D eigenvalue weighted by Crippen LogP contribution is 2.20. The van der Waals surface area contributed by atoms with Crippen LogP contribution < -0.4 is 0 Å². The highest BCUT2D eigenvalue weighted by Gasteiger charge is 2.24. The van der Waals surface area contributed by atoms with E-state index in [1.807, 2.05) is 18.4 Å². The van der Waals surface area contributed by atoms with E-state index in [9.17, 15) is 14.4 Å². The predicted molar refractivity (Wildman–Crippen MR) is 99.1 cm³/mol. The molecule has 0 spiro atoms. The number of hydrogen-bond acceptors (Lipinski definition) is 6. The second kappa shape index (κ2) is 8.71. The molecule has 0 saturated heterocycles. The number of aromatic amines is 1. The zero-order valence-electron chi connectivity index (χ0n) is 15.2. The first-order valence-corrected chi connectivity index (χ1v) is 9.32. The first-order valence-electron chi connectivity index (χ1n) is 8.09. The molecular formula is C19H21NO5S. The Morgan fingerprint density at radius 1 is 1.04 bits per heavy atom.